The first-order valence-electron chi connectivity index (χ1n) is 5.39. The molecule has 1 heterocycles. The lowest BCUT2D eigenvalue weighted by atomic mass is 10.0. The van der Waals surface area contributed by atoms with Crippen LogP contribution in [0.5, 0.6) is 11.5 Å². The fourth-order valence-corrected chi connectivity index (χ4v) is 2.71. The SMILES string of the molecule is Cc1cc2c(c(Br)c1CCCC(=O)O)OCO2. The van der Waals surface area contributed by atoms with Gasteiger partial charge in [0.05, 0.1) is 4.47 Å². The van der Waals surface area contributed by atoms with Gasteiger partial charge in [-0.25, -0.2) is 0 Å². The van der Waals surface area contributed by atoms with Crippen LogP contribution in [-0.2, 0) is 11.2 Å². The van der Waals surface area contributed by atoms with E-state index in [4.69, 9.17) is 14.6 Å². The van der Waals surface area contributed by atoms with E-state index in [1.165, 1.54) is 0 Å². The second kappa shape index (κ2) is 4.96. The molecule has 0 spiro atoms. The monoisotopic (exact) mass is 300 g/mol. The van der Waals surface area contributed by atoms with Crippen LogP contribution in [0, 0.1) is 6.92 Å². The lowest BCUT2D eigenvalue weighted by Crippen LogP contribution is -1.98. The van der Waals surface area contributed by atoms with Crippen LogP contribution in [0.15, 0.2) is 10.5 Å². The Balaban J connectivity index is 2.19. The zero-order chi connectivity index (χ0) is 12.4. The Bertz CT molecular complexity index is 456. The first kappa shape index (κ1) is 12.2. The normalized spacial score (nSPS) is 12.8. The summed E-state index contributed by atoms with van der Waals surface area (Å²) in [5.41, 5.74) is 2.18. The Labute approximate surface area is 108 Å². The maximum absolute atomic E-state index is 10.5. The van der Waals surface area contributed by atoms with Crippen molar-refractivity contribution in [2.24, 2.45) is 0 Å². The number of benzene rings is 1. The molecule has 0 aliphatic carbocycles. The standard InChI is InChI=1S/C12H13BrO4/c1-7-5-9-12(17-6-16-9)11(13)8(7)3-2-4-10(14)15/h5H,2-4,6H2,1H3,(H,14,15). The van der Waals surface area contributed by atoms with Crippen molar-refractivity contribution in [2.45, 2.75) is 26.2 Å². The predicted molar refractivity (Wildman–Crippen MR) is 65.6 cm³/mol. The summed E-state index contributed by atoms with van der Waals surface area (Å²) in [4.78, 5) is 10.5. The molecule has 1 N–H and O–H groups in total. The zero-order valence-corrected chi connectivity index (χ0v) is 11.0. The molecule has 0 saturated heterocycles. The molecule has 0 saturated carbocycles. The number of aryl methyl sites for hydroxylation is 1. The summed E-state index contributed by atoms with van der Waals surface area (Å²) < 4.78 is 11.6. The maximum atomic E-state index is 10.5. The fourth-order valence-electron chi connectivity index (χ4n) is 1.88. The lowest BCUT2D eigenvalue weighted by molar-refractivity contribution is -0.137. The van der Waals surface area contributed by atoms with Crippen molar-refractivity contribution < 1.29 is 19.4 Å². The van der Waals surface area contributed by atoms with Crippen LogP contribution in [0.2, 0.25) is 0 Å². The number of fused-ring (bicyclic) bond motifs is 1. The highest BCUT2D eigenvalue weighted by molar-refractivity contribution is 9.10. The smallest absolute Gasteiger partial charge is 0.303 e. The number of rotatable bonds is 4. The average molecular weight is 301 g/mol. The summed E-state index contributed by atoms with van der Waals surface area (Å²) in [7, 11) is 0. The van der Waals surface area contributed by atoms with E-state index in [2.05, 4.69) is 15.9 Å². The molecule has 0 unspecified atom stereocenters. The zero-order valence-electron chi connectivity index (χ0n) is 9.46. The summed E-state index contributed by atoms with van der Waals surface area (Å²) in [6.45, 7) is 2.23. The van der Waals surface area contributed by atoms with Crippen LogP contribution in [0.25, 0.3) is 0 Å². The summed E-state index contributed by atoms with van der Waals surface area (Å²) >= 11 is 3.50. The number of halogens is 1. The Morgan fingerprint density at radius 1 is 1.53 bits per heavy atom. The molecule has 0 bridgehead atoms. The van der Waals surface area contributed by atoms with Crippen molar-refractivity contribution in [3.63, 3.8) is 0 Å². The van der Waals surface area contributed by atoms with Crippen LogP contribution in [-0.4, -0.2) is 17.9 Å². The van der Waals surface area contributed by atoms with Gasteiger partial charge in [-0.2, -0.15) is 0 Å². The van der Waals surface area contributed by atoms with Gasteiger partial charge in [-0.3, -0.25) is 4.79 Å². The highest BCUT2D eigenvalue weighted by atomic mass is 79.9. The maximum Gasteiger partial charge on any atom is 0.303 e. The number of hydrogen-bond acceptors (Lipinski definition) is 3. The molecule has 1 aliphatic heterocycles. The van der Waals surface area contributed by atoms with Gasteiger partial charge < -0.3 is 14.6 Å². The van der Waals surface area contributed by atoms with Gasteiger partial charge in [0, 0.05) is 6.42 Å². The van der Waals surface area contributed by atoms with E-state index in [0.29, 0.717) is 6.42 Å². The number of carboxylic acid groups (broad SMARTS) is 1. The van der Waals surface area contributed by atoms with Gasteiger partial charge in [-0.05, 0) is 52.9 Å². The summed E-state index contributed by atoms with van der Waals surface area (Å²) in [6.07, 6.45) is 1.52. The molecule has 0 atom stereocenters. The Hall–Kier alpha value is -1.23. The molecule has 5 heteroatoms. The topological polar surface area (TPSA) is 55.8 Å². The molecular formula is C12H13BrO4. The molecule has 4 nitrogen and oxygen atoms in total. The largest absolute Gasteiger partial charge is 0.481 e. The molecule has 1 aromatic rings. The van der Waals surface area contributed by atoms with Crippen molar-refractivity contribution in [3.8, 4) is 11.5 Å². The van der Waals surface area contributed by atoms with Crippen LogP contribution < -0.4 is 9.47 Å². The molecule has 1 aliphatic rings. The molecule has 17 heavy (non-hydrogen) atoms. The van der Waals surface area contributed by atoms with Crippen molar-refractivity contribution in [1.29, 1.82) is 0 Å². The first-order chi connectivity index (χ1) is 8.09. The third kappa shape index (κ3) is 2.54. The van der Waals surface area contributed by atoms with Gasteiger partial charge in [-0.15, -0.1) is 0 Å². The summed E-state index contributed by atoms with van der Waals surface area (Å²) in [5, 5.41) is 8.63. The average Bonchev–Trinajstić information content (AvgIpc) is 2.70. The number of hydrogen-bond donors (Lipinski definition) is 1. The molecule has 0 fully saturated rings. The molecular weight excluding hydrogens is 288 g/mol. The van der Waals surface area contributed by atoms with Crippen molar-refractivity contribution in [1.82, 2.24) is 0 Å². The molecule has 92 valence electrons. The van der Waals surface area contributed by atoms with Gasteiger partial charge in [0.1, 0.15) is 0 Å². The predicted octanol–water partition coefficient (Wildman–Crippen LogP) is 2.89. The number of carboxylic acids is 1. The number of aliphatic carboxylic acids is 1. The highest BCUT2D eigenvalue weighted by Gasteiger charge is 2.21. The number of ether oxygens (including phenoxy) is 2. The molecule has 2 rings (SSSR count). The first-order valence-corrected chi connectivity index (χ1v) is 6.18. The Morgan fingerprint density at radius 2 is 2.29 bits per heavy atom. The minimum atomic E-state index is -0.764. The molecule has 1 aromatic carbocycles. The summed E-state index contributed by atoms with van der Waals surface area (Å²) in [5.74, 6) is 0.705. The van der Waals surface area contributed by atoms with E-state index in [1.54, 1.807) is 0 Å². The van der Waals surface area contributed by atoms with Gasteiger partial charge in [0.25, 0.3) is 0 Å². The van der Waals surface area contributed by atoms with E-state index in [9.17, 15) is 4.79 Å². The third-order valence-electron chi connectivity index (χ3n) is 2.75. The van der Waals surface area contributed by atoms with E-state index < -0.39 is 5.97 Å². The van der Waals surface area contributed by atoms with Gasteiger partial charge in [-0.1, -0.05) is 0 Å². The second-order valence-electron chi connectivity index (χ2n) is 3.97. The van der Waals surface area contributed by atoms with Gasteiger partial charge >= 0.3 is 5.97 Å². The van der Waals surface area contributed by atoms with Crippen LogP contribution in [0.1, 0.15) is 24.0 Å². The van der Waals surface area contributed by atoms with Crippen LogP contribution >= 0.6 is 15.9 Å². The molecule has 0 aromatic heterocycles. The molecule has 0 radical (unpaired) electrons. The lowest BCUT2D eigenvalue weighted by Gasteiger charge is -2.10. The quantitative estimate of drug-likeness (QED) is 0.929. The van der Waals surface area contributed by atoms with Crippen LogP contribution in [0.4, 0.5) is 0 Å². The summed E-state index contributed by atoms with van der Waals surface area (Å²) in [6, 6.07) is 1.93. The Morgan fingerprint density at radius 3 is 3.00 bits per heavy atom. The minimum Gasteiger partial charge on any atom is -0.481 e. The van der Waals surface area contributed by atoms with Crippen molar-refractivity contribution in [2.75, 3.05) is 6.79 Å². The Kier molecular flexibility index (Phi) is 3.57. The number of carbonyl (C=O) groups is 1. The minimum absolute atomic E-state index is 0.181. The van der Waals surface area contributed by atoms with E-state index in [-0.39, 0.29) is 13.2 Å². The third-order valence-corrected chi connectivity index (χ3v) is 3.59. The second-order valence-corrected chi connectivity index (χ2v) is 4.76. The van der Waals surface area contributed by atoms with E-state index in [0.717, 1.165) is 33.5 Å². The van der Waals surface area contributed by atoms with Crippen molar-refractivity contribution in [3.05, 3.63) is 21.7 Å². The van der Waals surface area contributed by atoms with E-state index >= 15 is 0 Å². The van der Waals surface area contributed by atoms with E-state index in [1.807, 2.05) is 13.0 Å². The van der Waals surface area contributed by atoms with Gasteiger partial charge in [0.15, 0.2) is 11.5 Å². The highest BCUT2D eigenvalue weighted by Crippen LogP contribution is 2.43. The van der Waals surface area contributed by atoms with Gasteiger partial charge in [0.2, 0.25) is 6.79 Å². The van der Waals surface area contributed by atoms with Crippen molar-refractivity contribution >= 4 is 21.9 Å². The molecule has 0 amide bonds. The van der Waals surface area contributed by atoms with Crippen LogP contribution in [0.3, 0.4) is 0 Å². The fraction of sp³-hybridized carbons (Fsp3) is 0.417.